The summed E-state index contributed by atoms with van der Waals surface area (Å²) in [4.78, 5) is 31.3. The van der Waals surface area contributed by atoms with Gasteiger partial charge in [-0.2, -0.15) is 0 Å². The summed E-state index contributed by atoms with van der Waals surface area (Å²) in [6.45, 7) is 43.2. The summed E-state index contributed by atoms with van der Waals surface area (Å²) in [5.74, 6) is -1.35. The fourth-order valence-electron chi connectivity index (χ4n) is 5.59. The first-order chi connectivity index (χ1) is 24.2. The average molecular weight is 824 g/mol. The van der Waals surface area contributed by atoms with Crippen molar-refractivity contribution < 1.29 is 28.0 Å². The highest BCUT2D eigenvalue weighted by molar-refractivity contribution is 7.09. The number of carboxylic acids is 1. The van der Waals surface area contributed by atoms with E-state index in [4.69, 9.17) is 13.3 Å². The molecule has 0 amide bonds. The highest BCUT2D eigenvalue weighted by Gasteiger charge is 2.49. The van der Waals surface area contributed by atoms with Gasteiger partial charge < -0.3 is 18.4 Å². The molecule has 7 nitrogen and oxygen atoms in total. The number of hydrogen-bond acceptors (Lipinski definition) is 7. The van der Waals surface area contributed by atoms with Gasteiger partial charge in [-0.3, -0.25) is 9.59 Å². The molecule has 0 aliphatic carbocycles. The summed E-state index contributed by atoms with van der Waals surface area (Å²) in [6.07, 6.45) is 9.93. The van der Waals surface area contributed by atoms with Crippen molar-refractivity contribution in [3.05, 3.63) is 33.8 Å². The highest BCUT2D eigenvalue weighted by atomic mass is 32.1. The lowest BCUT2D eigenvalue weighted by molar-refractivity contribution is -0.145. The Labute approximate surface area is 338 Å². The Hall–Kier alpha value is -1.22. The number of thiazole rings is 1. The van der Waals surface area contributed by atoms with Crippen LogP contribution in [0.25, 0.3) is 6.08 Å². The number of aliphatic carboxylic acids is 1. The quantitative estimate of drug-likeness (QED) is 0.0749. The molecule has 0 bridgehead atoms. The molecule has 0 saturated carbocycles. The second-order valence-corrected chi connectivity index (χ2v) is 36.1. The van der Waals surface area contributed by atoms with Crippen LogP contribution < -0.4 is 0 Å². The summed E-state index contributed by atoms with van der Waals surface area (Å²) in [5, 5.41) is 13.1. The van der Waals surface area contributed by atoms with E-state index in [-0.39, 0.29) is 39.5 Å². The third-order valence-electron chi connectivity index (χ3n) is 12.7. The Morgan fingerprint density at radius 2 is 1.31 bits per heavy atom. The Kier molecular flexibility index (Phi) is 18.3. The summed E-state index contributed by atoms with van der Waals surface area (Å²) >= 11 is 1.67. The Bertz CT molecular complexity index is 1430. The van der Waals surface area contributed by atoms with Crippen molar-refractivity contribution >= 4 is 54.1 Å². The smallest absolute Gasteiger partial charge is 0.305 e. The SMILES string of the molecule is C/C(=C\c1csc(C)n1)[C@H](C/C=C\CCCC[C@H](O[Si](C)(C)C(C)(C)C)[C@@H](C)C(=O)C(C)(C)[C@H](CC(=O)O)O[Si](C)(C)C(C)(C)C)O[Si](C)(C)C(C)(C)C. The minimum absolute atomic E-state index is 0.00712. The van der Waals surface area contributed by atoms with Crippen LogP contribution in [0.5, 0.6) is 0 Å². The first kappa shape index (κ1) is 50.8. The number of rotatable bonds is 21. The number of hydrogen-bond donors (Lipinski definition) is 1. The summed E-state index contributed by atoms with van der Waals surface area (Å²) in [7, 11) is -6.59. The molecule has 312 valence electrons. The monoisotopic (exact) mass is 824 g/mol. The molecule has 1 N–H and O–H groups in total. The molecule has 54 heavy (non-hydrogen) atoms. The number of aromatic nitrogens is 1. The van der Waals surface area contributed by atoms with Gasteiger partial charge >= 0.3 is 5.97 Å². The molecule has 0 radical (unpaired) electrons. The van der Waals surface area contributed by atoms with Crippen molar-refractivity contribution in [3.63, 3.8) is 0 Å². The third-order valence-corrected chi connectivity index (χ3v) is 26.9. The molecule has 1 aromatic rings. The number of Topliss-reactive ketones (excluding diaryl/α,β-unsaturated/α-hetero) is 1. The van der Waals surface area contributed by atoms with Crippen LogP contribution in [0, 0.1) is 18.3 Å². The molecular weight excluding hydrogens is 743 g/mol. The van der Waals surface area contributed by atoms with Crippen LogP contribution in [-0.4, -0.2) is 65.1 Å². The number of aryl methyl sites for hydroxylation is 1. The third kappa shape index (κ3) is 14.9. The first-order valence-corrected chi connectivity index (χ1v) is 29.8. The fourth-order valence-corrected chi connectivity index (χ4v) is 10.4. The first-order valence-electron chi connectivity index (χ1n) is 20.2. The van der Waals surface area contributed by atoms with Crippen LogP contribution in [-0.2, 0) is 22.9 Å². The fraction of sp³-hybridized carbons (Fsp3) is 0.791. The van der Waals surface area contributed by atoms with E-state index in [0.717, 1.165) is 42.8 Å². The highest BCUT2D eigenvalue weighted by Crippen LogP contribution is 2.44. The van der Waals surface area contributed by atoms with E-state index in [1.54, 1.807) is 11.3 Å². The molecule has 0 aliphatic rings. The zero-order valence-corrected chi connectivity index (χ0v) is 42.0. The van der Waals surface area contributed by atoms with Crippen LogP contribution in [0.1, 0.15) is 139 Å². The predicted octanol–water partition coefficient (Wildman–Crippen LogP) is 13.2. The predicted molar refractivity (Wildman–Crippen MR) is 239 cm³/mol. The lowest BCUT2D eigenvalue weighted by Gasteiger charge is -2.45. The van der Waals surface area contributed by atoms with E-state index < -0.39 is 48.4 Å². The molecular formula is C43H81NO6SSi3. The zero-order chi connectivity index (χ0) is 42.3. The molecule has 0 aliphatic heterocycles. The average Bonchev–Trinajstić information content (AvgIpc) is 3.39. The standard InChI is InChI=1S/C43H81NO6SSi3/c1-31(28-34-30-51-33(3)44-34)35(48-52(15,16)40(4,5)6)26-24-22-21-23-25-27-36(49-53(17,18)41(7,8)9)32(2)39(47)43(13,14)37(29-38(45)46)50-54(19,20)42(10,11)12/h22,24,28,30,32,35-37H,21,23,25-27,29H2,1-20H3,(H,45,46)/b24-22-,31-28+/t32-,35+,36+,37+/m1/s1. The van der Waals surface area contributed by atoms with Gasteiger partial charge in [0, 0.05) is 16.7 Å². The molecule has 11 heteroatoms. The lowest BCUT2D eigenvalue weighted by atomic mass is 9.74. The van der Waals surface area contributed by atoms with E-state index in [9.17, 15) is 14.7 Å². The van der Waals surface area contributed by atoms with E-state index >= 15 is 0 Å². The summed E-state index contributed by atoms with van der Waals surface area (Å²) in [6, 6.07) is 0. The Morgan fingerprint density at radius 3 is 1.78 bits per heavy atom. The maximum Gasteiger partial charge on any atom is 0.305 e. The second kappa shape index (κ2) is 19.5. The number of nitrogens with zero attached hydrogens (tertiary/aromatic N) is 1. The van der Waals surface area contributed by atoms with Gasteiger partial charge in [0.2, 0.25) is 0 Å². The Morgan fingerprint density at radius 1 is 0.815 bits per heavy atom. The van der Waals surface area contributed by atoms with Crippen molar-refractivity contribution in [3.8, 4) is 0 Å². The van der Waals surface area contributed by atoms with Crippen LogP contribution >= 0.6 is 11.3 Å². The molecule has 0 saturated heterocycles. The van der Waals surface area contributed by atoms with E-state index in [0.29, 0.717) is 0 Å². The minimum Gasteiger partial charge on any atom is -0.481 e. The van der Waals surface area contributed by atoms with E-state index in [1.165, 1.54) is 5.57 Å². The van der Waals surface area contributed by atoms with Crippen molar-refractivity contribution in [1.29, 1.82) is 0 Å². The van der Waals surface area contributed by atoms with Crippen LogP contribution in [0.4, 0.5) is 0 Å². The second-order valence-electron chi connectivity index (χ2n) is 20.8. The van der Waals surface area contributed by atoms with E-state index in [2.05, 4.69) is 137 Å². The lowest BCUT2D eigenvalue weighted by Crippen LogP contribution is -2.53. The van der Waals surface area contributed by atoms with Gasteiger partial charge in [-0.15, -0.1) is 11.3 Å². The summed E-state index contributed by atoms with van der Waals surface area (Å²) in [5.41, 5.74) is 1.19. The van der Waals surface area contributed by atoms with Gasteiger partial charge in [0.15, 0.2) is 25.0 Å². The number of allylic oxidation sites excluding steroid dienone is 1. The molecule has 0 unspecified atom stereocenters. The van der Waals surface area contributed by atoms with Gasteiger partial charge in [-0.25, -0.2) is 4.98 Å². The maximum atomic E-state index is 14.5. The number of carboxylic acid groups (broad SMARTS) is 1. The van der Waals surface area contributed by atoms with E-state index in [1.807, 2.05) is 27.7 Å². The van der Waals surface area contributed by atoms with Gasteiger partial charge in [0.1, 0.15) is 5.78 Å². The van der Waals surface area contributed by atoms with Gasteiger partial charge in [-0.1, -0.05) is 102 Å². The molecule has 0 spiro atoms. The topological polar surface area (TPSA) is 95.0 Å². The number of carbonyl (C=O) groups is 2. The van der Waals surface area contributed by atoms with Crippen molar-refractivity contribution in [1.82, 2.24) is 4.98 Å². The van der Waals surface area contributed by atoms with Crippen LogP contribution in [0.15, 0.2) is 23.1 Å². The largest absolute Gasteiger partial charge is 0.481 e. The van der Waals surface area contributed by atoms with Crippen LogP contribution in [0.2, 0.25) is 54.4 Å². The number of unbranched alkanes of at least 4 members (excludes halogenated alkanes) is 2. The molecule has 1 heterocycles. The minimum atomic E-state index is -2.36. The normalized spacial score (nSPS) is 16.8. The maximum absolute atomic E-state index is 14.5. The van der Waals surface area contributed by atoms with Crippen molar-refractivity contribution in [2.24, 2.45) is 11.3 Å². The van der Waals surface area contributed by atoms with Crippen molar-refractivity contribution in [2.75, 3.05) is 0 Å². The molecule has 1 rings (SSSR count). The summed E-state index contributed by atoms with van der Waals surface area (Å²) < 4.78 is 20.7. The van der Waals surface area contributed by atoms with Crippen LogP contribution in [0.3, 0.4) is 0 Å². The number of ketones is 1. The van der Waals surface area contributed by atoms with Gasteiger partial charge in [0.05, 0.1) is 35.4 Å². The zero-order valence-electron chi connectivity index (χ0n) is 38.2. The Balaban J connectivity index is 3.21. The van der Waals surface area contributed by atoms with Gasteiger partial charge in [0.25, 0.3) is 0 Å². The van der Waals surface area contributed by atoms with Gasteiger partial charge in [-0.05, 0) is 106 Å². The molecule has 0 aromatic carbocycles. The molecule has 0 fully saturated rings. The molecule has 1 aromatic heterocycles. The number of carbonyl (C=O) groups excluding carboxylic acids is 1. The van der Waals surface area contributed by atoms with Crippen molar-refractivity contribution in [2.45, 2.75) is 208 Å². The molecule has 4 atom stereocenters.